The molecule has 0 fully saturated rings. The average Bonchev–Trinajstić information content (AvgIpc) is 2.62. The van der Waals surface area contributed by atoms with Crippen LogP contribution in [0.5, 0.6) is 11.5 Å². The number of phenols is 1. The minimum atomic E-state index is -0.284. The highest BCUT2D eigenvalue weighted by Gasteiger charge is 2.05. The van der Waals surface area contributed by atoms with E-state index in [4.69, 9.17) is 4.74 Å². The Morgan fingerprint density at radius 2 is 1.93 bits per heavy atom. The molecule has 1 unspecified atom stereocenters. The van der Waals surface area contributed by atoms with E-state index in [0.29, 0.717) is 24.8 Å². The van der Waals surface area contributed by atoms with Gasteiger partial charge in [0.15, 0.2) is 5.96 Å². The summed E-state index contributed by atoms with van der Waals surface area (Å²) >= 11 is 0. The van der Waals surface area contributed by atoms with Crippen molar-refractivity contribution in [2.24, 2.45) is 4.99 Å². The summed E-state index contributed by atoms with van der Waals surface area (Å²) in [5.41, 5.74) is 1.06. The lowest BCUT2D eigenvalue weighted by Crippen LogP contribution is -2.39. The van der Waals surface area contributed by atoms with Gasteiger partial charge in [0.05, 0.1) is 6.54 Å². The van der Waals surface area contributed by atoms with Crippen LogP contribution in [0.15, 0.2) is 53.5 Å². The fourth-order valence-electron chi connectivity index (χ4n) is 2.38. The lowest BCUT2D eigenvalue weighted by Gasteiger charge is -2.15. The number of aliphatic imine (C=N–C) groups is 1. The van der Waals surface area contributed by atoms with Gasteiger partial charge in [-0.2, -0.15) is 0 Å². The van der Waals surface area contributed by atoms with Gasteiger partial charge >= 0.3 is 0 Å². The smallest absolute Gasteiger partial charge is 0.191 e. The number of nitrogens with zero attached hydrogens (tertiary/aromatic N) is 1. The fourth-order valence-corrected chi connectivity index (χ4v) is 2.38. The van der Waals surface area contributed by atoms with Gasteiger partial charge in [0, 0.05) is 13.1 Å². The van der Waals surface area contributed by atoms with Crippen molar-refractivity contribution in [3.63, 3.8) is 0 Å². The van der Waals surface area contributed by atoms with E-state index in [1.54, 1.807) is 24.3 Å². The zero-order valence-corrected chi connectivity index (χ0v) is 17.9. The van der Waals surface area contributed by atoms with E-state index in [1.165, 1.54) is 12.1 Å². The van der Waals surface area contributed by atoms with Crippen LogP contribution < -0.4 is 15.4 Å². The van der Waals surface area contributed by atoms with Crippen LogP contribution in [-0.2, 0) is 6.42 Å². The lowest BCUT2D eigenvalue weighted by molar-refractivity contribution is 0.230. The van der Waals surface area contributed by atoms with Crippen LogP contribution in [0, 0.1) is 5.82 Å². The standard InChI is InChI=1S/C20H26FN3O2.HI/c1-3-22-20(23-12-11-16-5-4-6-18(25)13-16)24-14-15(2)26-19-9-7-17(21)8-10-19;/h4-10,13,15,25H,3,11-12,14H2,1-2H3,(H2,22,23,24);1H. The molecule has 0 aliphatic carbocycles. The number of halogens is 2. The first kappa shape index (κ1) is 23.0. The molecule has 0 amide bonds. The molecular weight excluding hydrogens is 460 g/mol. The molecule has 0 aromatic heterocycles. The SMILES string of the molecule is CCNC(=NCC(C)Oc1ccc(F)cc1)NCCc1cccc(O)c1.I. The third-order valence-corrected chi connectivity index (χ3v) is 3.62. The Balaban J connectivity index is 0.00000364. The molecule has 0 spiro atoms. The second-order valence-corrected chi connectivity index (χ2v) is 5.95. The average molecular weight is 487 g/mol. The fraction of sp³-hybridized carbons (Fsp3) is 0.350. The van der Waals surface area contributed by atoms with Gasteiger partial charge in [-0.05, 0) is 62.2 Å². The lowest BCUT2D eigenvalue weighted by atomic mass is 10.1. The Hall–Kier alpha value is -2.03. The number of hydrogen-bond donors (Lipinski definition) is 3. The Morgan fingerprint density at radius 1 is 1.19 bits per heavy atom. The molecule has 0 bridgehead atoms. The minimum absolute atomic E-state index is 0. The highest BCUT2D eigenvalue weighted by Crippen LogP contribution is 2.13. The summed E-state index contributed by atoms with van der Waals surface area (Å²) in [5.74, 6) is 1.32. The van der Waals surface area contributed by atoms with E-state index in [9.17, 15) is 9.50 Å². The number of ether oxygens (including phenoxy) is 1. The Labute approximate surface area is 177 Å². The van der Waals surface area contributed by atoms with Gasteiger partial charge in [-0.3, -0.25) is 0 Å². The molecule has 2 rings (SSSR count). The van der Waals surface area contributed by atoms with Crippen molar-refractivity contribution in [2.75, 3.05) is 19.6 Å². The molecule has 0 radical (unpaired) electrons. The van der Waals surface area contributed by atoms with Crippen LogP contribution >= 0.6 is 24.0 Å². The van der Waals surface area contributed by atoms with Crippen LogP contribution in [0.4, 0.5) is 4.39 Å². The minimum Gasteiger partial charge on any atom is -0.508 e. The Bertz CT molecular complexity index is 711. The van der Waals surface area contributed by atoms with Gasteiger partial charge in [0.25, 0.3) is 0 Å². The quantitative estimate of drug-likeness (QED) is 0.302. The van der Waals surface area contributed by atoms with Crippen molar-refractivity contribution in [2.45, 2.75) is 26.4 Å². The second-order valence-electron chi connectivity index (χ2n) is 5.95. The number of guanidine groups is 1. The molecule has 2 aromatic rings. The van der Waals surface area contributed by atoms with Crippen molar-refractivity contribution in [3.8, 4) is 11.5 Å². The van der Waals surface area contributed by atoms with Crippen LogP contribution in [-0.4, -0.2) is 36.8 Å². The van der Waals surface area contributed by atoms with Crippen LogP contribution in [0.1, 0.15) is 19.4 Å². The highest BCUT2D eigenvalue weighted by molar-refractivity contribution is 14.0. The monoisotopic (exact) mass is 487 g/mol. The third-order valence-electron chi connectivity index (χ3n) is 3.62. The molecule has 3 N–H and O–H groups in total. The molecule has 1 atom stereocenters. The summed E-state index contributed by atoms with van der Waals surface area (Å²) in [6.45, 7) is 5.85. The number of aromatic hydroxyl groups is 1. The molecule has 7 heteroatoms. The summed E-state index contributed by atoms with van der Waals surface area (Å²) in [5, 5.41) is 16.0. The Kier molecular flexibility index (Phi) is 10.5. The summed E-state index contributed by atoms with van der Waals surface area (Å²) < 4.78 is 18.6. The summed E-state index contributed by atoms with van der Waals surface area (Å²) in [6.07, 6.45) is 0.641. The van der Waals surface area contributed by atoms with Crippen molar-refractivity contribution in [1.29, 1.82) is 0 Å². The van der Waals surface area contributed by atoms with Crippen molar-refractivity contribution in [1.82, 2.24) is 10.6 Å². The third kappa shape index (κ3) is 8.94. The predicted molar refractivity (Wildman–Crippen MR) is 118 cm³/mol. The molecule has 0 saturated heterocycles. The molecule has 27 heavy (non-hydrogen) atoms. The van der Waals surface area contributed by atoms with E-state index in [1.807, 2.05) is 26.0 Å². The molecule has 0 aliphatic rings. The number of phenolic OH excluding ortho intramolecular Hbond substituents is 1. The molecule has 0 heterocycles. The van der Waals surface area contributed by atoms with Crippen molar-refractivity contribution < 1.29 is 14.2 Å². The van der Waals surface area contributed by atoms with Gasteiger partial charge in [0.1, 0.15) is 23.4 Å². The number of hydrogen-bond acceptors (Lipinski definition) is 3. The normalized spacial score (nSPS) is 12.0. The molecule has 2 aromatic carbocycles. The number of rotatable bonds is 8. The largest absolute Gasteiger partial charge is 0.508 e. The van der Waals surface area contributed by atoms with Crippen LogP contribution in [0.2, 0.25) is 0 Å². The summed E-state index contributed by atoms with van der Waals surface area (Å²) in [6, 6.07) is 13.2. The molecule has 0 aliphatic heterocycles. The molecular formula is C20H27FIN3O2. The zero-order valence-electron chi connectivity index (χ0n) is 15.6. The predicted octanol–water partition coefficient (Wildman–Crippen LogP) is 3.71. The van der Waals surface area contributed by atoms with Crippen LogP contribution in [0.3, 0.4) is 0 Å². The van der Waals surface area contributed by atoms with E-state index in [0.717, 1.165) is 18.5 Å². The Morgan fingerprint density at radius 3 is 2.59 bits per heavy atom. The summed E-state index contributed by atoms with van der Waals surface area (Å²) in [4.78, 5) is 4.52. The van der Waals surface area contributed by atoms with E-state index >= 15 is 0 Å². The molecule has 5 nitrogen and oxygen atoms in total. The second kappa shape index (κ2) is 12.4. The zero-order chi connectivity index (χ0) is 18.8. The van der Waals surface area contributed by atoms with Gasteiger partial charge in [-0.25, -0.2) is 9.38 Å². The van der Waals surface area contributed by atoms with E-state index in [-0.39, 0.29) is 41.6 Å². The van der Waals surface area contributed by atoms with E-state index in [2.05, 4.69) is 15.6 Å². The van der Waals surface area contributed by atoms with Crippen molar-refractivity contribution in [3.05, 3.63) is 59.9 Å². The highest BCUT2D eigenvalue weighted by atomic mass is 127. The number of nitrogens with one attached hydrogen (secondary N) is 2. The maximum Gasteiger partial charge on any atom is 0.191 e. The topological polar surface area (TPSA) is 65.9 Å². The molecule has 0 saturated carbocycles. The van der Waals surface area contributed by atoms with Crippen molar-refractivity contribution >= 4 is 29.9 Å². The van der Waals surface area contributed by atoms with Gasteiger partial charge in [0.2, 0.25) is 0 Å². The first-order valence-electron chi connectivity index (χ1n) is 8.79. The van der Waals surface area contributed by atoms with Gasteiger partial charge < -0.3 is 20.5 Å². The molecule has 148 valence electrons. The first-order valence-corrected chi connectivity index (χ1v) is 8.79. The number of benzene rings is 2. The first-order chi connectivity index (χ1) is 12.6. The van der Waals surface area contributed by atoms with Gasteiger partial charge in [-0.1, -0.05) is 12.1 Å². The van der Waals surface area contributed by atoms with Gasteiger partial charge in [-0.15, -0.1) is 24.0 Å². The van der Waals surface area contributed by atoms with Crippen LogP contribution in [0.25, 0.3) is 0 Å². The van der Waals surface area contributed by atoms with E-state index < -0.39 is 0 Å². The maximum atomic E-state index is 12.9. The maximum absolute atomic E-state index is 12.9. The summed E-state index contributed by atoms with van der Waals surface area (Å²) in [7, 11) is 0.